The highest BCUT2D eigenvalue weighted by Gasteiger charge is 2.16. The van der Waals surface area contributed by atoms with Gasteiger partial charge in [0, 0.05) is 23.5 Å². The Morgan fingerprint density at radius 3 is 2.69 bits per heavy atom. The maximum Gasteiger partial charge on any atom is 0.310 e. The zero-order valence-corrected chi connectivity index (χ0v) is 15.0. The number of esters is 1. The van der Waals surface area contributed by atoms with Gasteiger partial charge in [-0.1, -0.05) is 6.92 Å². The number of fused-ring (bicyclic) bond motifs is 1. The number of rotatable bonds is 8. The van der Waals surface area contributed by atoms with Crippen LogP contribution in [-0.2, 0) is 25.5 Å². The minimum absolute atomic E-state index is 0.0370. The van der Waals surface area contributed by atoms with Gasteiger partial charge in [0.2, 0.25) is 5.91 Å². The van der Waals surface area contributed by atoms with E-state index in [1.807, 2.05) is 6.92 Å². The van der Waals surface area contributed by atoms with E-state index in [1.165, 1.54) is 10.8 Å². The number of ether oxygens (including phenoxy) is 1. The van der Waals surface area contributed by atoms with Crippen LogP contribution in [-0.4, -0.2) is 57.1 Å². The summed E-state index contributed by atoms with van der Waals surface area (Å²) in [5.41, 5.74) is 2.06. The normalized spacial score (nSPS) is 10.6. The molecule has 0 unspecified atom stereocenters. The molecule has 0 bridgehead atoms. The van der Waals surface area contributed by atoms with Crippen molar-refractivity contribution < 1.29 is 19.1 Å². The zero-order chi connectivity index (χ0) is 19.1. The van der Waals surface area contributed by atoms with Crippen molar-refractivity contribution >= 4 is 23.6 Å². The van der Waals surface area contributed by atoms with Crippen LogP contribution in [0.4, 0.5) is 0 Å². The summed E-state index contributed by atoms with van der Waals surface area (Å²) in [6.45, 7) is 5.45. The molecule has 0 aliphatic heterocycles. The number of nitrogens with zero attached hydrogens (tertiary/aromatic N) is 4. The van der Waals surface area contributed by atoms with E-state index in [9.17, 15) is 14.4 Å². The average Bonchev–Trinajstić information content (AvgIpc) is 3.08. The SMILES string of the molecule is CCCNC(=O)CNC(=O)COC(=O)Cc1c(C)nc2ncnn2c1C. The molecule has 0 spiro atoms. The van der Waals surface area contributed by atoms with Gasteiger partial charge in [0.05, 0.1) is 13.0 Å². The molecule has 2 rings (SSSR count). The van der Waals surface area contributed by atoms with Gasteiger partial charge in [-0.15, -0.1) is 0 Å². The van der Waals surface area contributed by atoms with E-state index in [4.69, 9.17) is 4.74 Å². The van der Waals surface area contributed by atoms with Crippen LogP contribution in [0.15, 0.2) is 6.33 Å². The quantitative estimate of drug-likeness (QED) is 0.604. The molecule has 0 aromatic carbocycles. The molecule has 2 amide bonds. The lowest BCUT2D eigenvalue weighted by Gasteiger charge is -2.10. The molecule has 0 saturated carbocycles. The number of hydrogen-bond donors (Lipinski definition) is 2. The molecule has 2 heterocycles. The number of carbonyl (C=O) groups excluding carboxylic acids is 3. The van der Waals surface area contributed by atoms with E-state index in [0.29, 0.717) is 23.6 Å². The predicted octanol–water partition coefficient (Wildman–Crippen LogP) is -0.531. The van der Waals surface area contributed by atoms with Crippen molar-refractivity contribution in [2.45, 2.75) is 33.6 Å². The first-order valence-electron chi connectivity index (χ1n) is 8.27. The van der Waals surface area contributed by atoms with Gasteiger partial charge < -0.3 is 15.4 Å². The van der Waals surface area contributed by atoms with Gasteiger partial charge >= 0.3 is 5.97 Å². The Labute approximate surface area is 150 Å². The van der Waals surface area contributed by atoms with E-state index < -0.39 is 18.5 Å². The van der Waals surface area contributed by atoms with Crippen LogP contribution in [0.1, 0.15) is 30.3 Å². The predicted molar refractivity (Wildman–Crippen MR) is 91.2 cm³/mol. The second-order valence-electron chi connectivity index (χ2n) is 5.70. The number of amides is 2. The van der Waals surface area contributed by atoms with Crippen LogP contribution in [0, 0.1) is 13.8 Å². The Kier molecular flexibility index (Phi) is 6.59. The molecule has 2 N–H and O–H groups in total. The van der Waals surface area contributed by atoms with E-state index in [0.717, 1.165) is 12.1 Å². The lowest BCUT2D eigenvalue weighted by molar-refractivity contribution is -0.148. The summed E-state index contributed by atoms with van der Waals surface area (Å²) in [4.78, 5) is 43.3. The fourth-order valence-electron chi connectivity index (χ4n) is 2.31. The zero-order valence-electron chi connectivity index (χ0n) is 15.0. The van der Waals surface area contributed by atoms with E-state index in [2.05, 4.69) is 25.7 Å². The van der Waals surface area contributed by atoms with Crippen molar-refractivity contribution in [2.24, 2.45) is 0 Å². The molecular formula is C16H22N6O4. The van der Waals surface area contributed by atoms with Crippen LogP contribution in [0.2, 0.25) is 0 Å². The molecule has 10 nitrogen and oxygen atoms in total. The smallest absolute Gasteiger partial charge is 0.310 e. The van der Waals surface area contributed by atoms with Crippen LogP contribution >= 0.6 is 0 Å². The third kappa shape index (κ3) is 4.98. The molecule has 0 radical (unpaired) electrons. The number of hydrogen-bond acceptors (Lipinski definition) is 7. The topological polar surface area (TPSA) is 128 Å². The van der Waals surface area contributed by atoms with Crippen molar-refractivity contribution in [3.05, 3.63) is 23.3 Å². The standard InChI is InChI=1S/C16H22N6O4/c1-4-5-17-13(23)7-18-14(24)8-26-15(25)6-12-10(2)21-16-19-9-20-22(16)11(12)3/h9H,4-8H2,1-3H3,(H,17,23)(H,18,24). The number of aryl methyl sites for hydroxylation is 2. The molecule has 10 heteroatoms. The van der Waals surface area contributed by atoms with Crippen molar-refractivity contribution in [1.82, 2.24) is 30.2 Å². The molecule has 0 saturated heterocycles. The molecule has 0 aliphatic carbocycles. The maximum atomic E-state index is 12.0. The summed E-state index contributed by atoms with van der Waals surface area (Å²) in [5.74, 6) is -0.936. The van der Waals surface area contributed by atoms with Crippen molar-refractivity contribution in [2.75, 3.05) is 19.7 Å². The first-order chi connectivity index (χ1) is 12.4. The fraction of sp³-hybridized carbons (Fsp3) is 0.500. The monoisotopic (exact) mass is 362 g/mol. The molecule has 2 aromatic rings. The van der Waals surface area contributed by atoms with Gasteiger partial charge in [-0.25, -0.2) is 9.50 Å². The average molecular weight is 362 g/mol. The summed E-state index contributed by atoms with van der Waals surface area (Å²) in [6, 6.07) is 0. The largest absolute Gasteiger partial charge is 0.455 e. The Morgan fingerprint density at radius 1 is 1.19 bits per heavy atom. The van der Waals surface area contributed by atoms with E-state index in [-0.39, 0.29) is 18.9 Å². The molecular weight excluding hydrogens is 340 g/mol. The first-order valence-corrected chi connectivity index (χ1v) is 8.27. The fourth-order valence-corrected chi connectivity index (χ4v) is 2.31. The highest BCUT2D eigenvalue weighted by molar-refractivity contribution is 5.86. The van der Waals surface area contributed by atoms with Gasteiger partial charge in [-0.05, 0) is 20.3 Å². The lowest BCUT2D eigenvalue weighted by Crippen LogP contribution is -2.39. The van der Waals surface area contributed by atoms with Crippen LogP contribution in [0.5, 0.6) is 0 Å². The number of aromatic nitrogens is 4. The molecule has 26 heavy (non-hydrogen) atoms. The molecule has 2 aromatic heterocycles. The van der Waals surface area contributed by atoms with Crippen LogP contribution < -0.4 is 10.6 Å². The van der Waals surface area contributed by atoms with Gasteiger partial charge in [-0.3, -0.25) is 14.4 Å². The molecule has 0 fully saturated rings. The van der Waals surface area contributed by atoms with Gasteiger partial charge in [0.1, 0.15) is 6.33 Å². The van der Waals surface area contributed by atoms with Crippen LogP contribution in [0.25, 0.3) is 5.78 Å². The Balaban J connectivity index is 1.84. The summed E-state index contributed by atoms with van der Waals surface area (Å²) in [5, 5.41) is 9.07. The minimum Gasteiger partial charge on any atom is -0.455 e. The second kappa shape index (κ2) is 8.88. The lowest BCUT2D eigenvalue weighted by atomic mass is 10.1. The summed E-state index contributed by atoms with van der Waals surface area (Å²) in [7, 11) is 0. The van der Waals surface area contributed by atoms with Gasteiger partial charge in [0.25, 0.3) is 11.7 Å². The van der Waals surface area contributed by atoms with Gasteiger partial charge in [-0.2, -0.15) is 10.1 Å². The minimum atomic E-state index is -0.567. The maximum absolute atomic E-state index is 12.0. The summed E-state index contributed by atoms with van der Waals surface area (Å²) < 4.78 is 6.51. The van der Waals surface area contributed by atoms with Gasteiger partial charge in [0.15, 0.2) is 6.61 Å². The van der Waals surface area contributed by atoms with E-state index in [1.54, 1.807) is 13.8 Å². The van der Waals surface area contributed by atoms with Crippen molar-refractivity contribution in [1.29, 1.82) is 0 Å². The summed E-state index contributed by atoms with van der Waals surface area (Å²) >= 11 is 0. The highest BCUT2D eigenvalue weighted by Crippen LogP contribution is 2.14. The Hall–Kier alpha value is -3.04. The number of carbonyl (C=O) groups is 3. The second-order valence-corrected chi connectivity index (χ2v) is 5.70. The summed E-state index contributed by atoms with van der Waals surface area (Å²) in [6.07, 6.45) is 2.16. The van der Waals surface area contributed by atoms with Crippen molar-refractivity contribution in [3.8, 4) is 0 Å². The highest BCUT2D eigenvalue weighted by atomic mass is 16.5. The van der Waals surface area contributed by atoms with E-state index >= 15 is 0 Å². The third-order valence-electron chi connectivity index (χ3n) is 3.69. The first kappa shape index (κ1) is 19.3. The number of nitrogens with one attached hydrogen (secondary N) is 2. The Morgan fingerprint density at radius 2 is 1.96 bits per heavy atom. The Bertz CT molecular complexity index is 816. The molecule has 0 aliphatic rings. The molecule has 140 valence electrons. The van der Waals surface area contributed by atoms with Crippen molar-refractivity contribution in [3.63, 3.8) is 0 Å². The molecule has 0 atom stereocenters. The third-order valence-corrected chi connectivity index (χ3v) is 3.69. The van der Waals surface area contributed by atoms with Crippen LogP contribution in [0.3, 0.4) is 0 Å².